The van der Waals surface area contributed by atoms with Crippen LogP contribution >= 0.6 is 0 Å². The lowest BCUT2D eigenvalue weighted by molar-refractivity contribution is 0.101. The van der Waals surface area contributed by atoms with E-state index < -0.39 is 20.7 Å². The van der Waals surface area contributed by atoms with E-state index in [4.69, 9.17) is 0 Å². The SMILES string of the molecule is CC(=O)c1ccc(NS(=O)(=O)c2cc(C)ccc2F)cc1. The molecule has 6 heteroatoms. The Bertz CT molecular complexity index is 783. The first-order valence-electron chi connectivity index (χ1n) is 6.19. The van der Waals surface area contributed by atoms with Crippen molar-refractivity contribution in [3.63, 3.8) is 0 Å². The molecule has 0 aliphatic carbocycles. The monoisotopic (exact) mass is 307 g/mol. The highest BCUT2D eigenvalue weighted by atomic mass is 32.2. The smallest absolute Gasteiger partial charge is 0.264 e. The van der Waals surface area contributed by atoms with E-state index in [0.29, 0.717) is 11.1 Å². The number of anilines is 1. The van der Waals surface area contributed by atoms with Gasteiger partial charge in [0.05, 0.1) is 0 Å². The molecule has 0 unspecified atom stereocenters. The van der Waals surface area contributed by atoms with Crippen molar-refractivity contribution in [3.8, 4) is 0 Å². The number of rotatable bonds is 4. The van der Waals surface area contributed by atoms with Crippen molar-refractivity contribution in [2.45, 2.75) is 18.7 Å². The number of hydrogen-bond donors (Lipinski definition) is 1. The molecule has 1 N–H and O–H groups in total. The van der Waals surface area contributed by atoms with E-state index >= 15 is 0 Å². The maximum Gasteiger partial charge on any atom is 0.264 e. The Labute approximate surface area is 122 Å². The molecule has 4 nitrogen and oxygen atoms in total. The zero-order chi connectivity index (χ0) is 15.6. The van der Waals surface area contributed by atoms with Gasteiger partial charge in [0.25, 0.3) is 10.0 Å². The largest absolute Gasteiger partial charge is 0.295 e. The van der Waals surface area contributed by atoms with E-state index in [1.165, 1.54) is 43.3 Å². The number of halogens is 1. The van der Waals surface area contributed by atoms with Crippen LogP contribution in [0.2, 0.25) is 0 Å². The Balaban J connectivity index is 2.33. The molecular weight excluding hydrogens is 293 g/mol. The minimum absolute atomic E-state index is 0.117. The summed E-state index contributed by atoms with van der Waals surface area (Å²) in [6.45, 7) is 3.10. The molecule has 21 heavy (non-hydrogen) atoms. The van der Waals surface area contributed by atoms with Crippen LogP contribution < -0.4 is 4.72 Å². The predicted octanol–water partition coefficient (Wildman–Crippen LogP) is 3.14. The summed E-state index contributed by atoms with van der Waals surface area (Å²) >= 11 is 0. The number of nitrogens with one attached hydrogen (secondary N) is 1. The van der Waals surface area contributed by atoms with Crippen molar-refractivity contribution in [3.05, 3.63) is 59.4 Å². The lowest BCUT2D eigenvalue weighted by Gasteiger charge is -2.10. The zero-order valence-electron chi connectivity index (χ0n) is 11.6. The van der Waals surface area contributed by atoms with Crippen LogP contribution in [0.1, 0.15) is 22.8 Å². The Morgan fingerprint density at radius 2 is 1.71 bits per heavy atom. The lowest BCUT2D eigenvalue weighted by atomic mass is 10.1. The van der Waals surface area contributed by atoms with Gasteiger partial charge in [0.15, 0.2) is 5.78 Å². The fourth-order valence-corrected chi connectivity index (χ4v) is 3.02. The Kier molecular flexibility index (Phi) is 4.09. The summed E-state index contributed by atoms with van der Waals surface area (Å²) in [6, 6.07) is 9.81. The molecule has 0 aliphatic heterocycles. The number of carbonyl (C=O) groups is 1. The van der Waals surface area contributed by atoms with Gasteiger partial charge in [0, 0.05) is 11.3 Å². The van der Waals surface area contributed by atoms with Crippen LogP contribution in [-0.4, -0.2) is 14.2 Å². The number of Topliss-reactive ketones (excluding diaryl/α,β-unsaturated/α-hetero) is 1. The Hall–Kier alpha value is -2.21. The molecule has 0 spiro atoms. The molecule has 0 atom stereocenters. The van der Waals surface area contributed by atoms with Crippen molar-refractivity contribution in [2.24, 2.45) is 0 Å². The van der Waals surface area contributed by atoms with Gasteiger partial charge in [-0.15, -0.1) is 0 Å². The second-order valence-electron chi connectivity index (χ2n) is 4.67. The first kappa shape index (κ1) is 15.2. The van der Waals surface area contributed by atoms with Gasteiger partial charge in [-0.3, -0.25) is 9.52 Å². The molecule has 0 bridgehead atoms. The van der Waals surface area contributed by atoms with Crippen molar-refractivity contribution < 1.29 is 17.6 Å². The number of carbonyl (C=O) groups excluding carboxylic acids is 1. The number of benzene rings is 2. The van der Waals surface area contributed by atoms with E-state index in [-0.39, 0.29) is 11.5 Å². The third-order valence-electron chi connectivity index (χ3n) is 2.92. The second kappa shape index (κ2) is 5.65. The molecule has 0 aliphatic rings. The molecule has 2 aromatic carbocycles. The molecular formula is C15H14FNO3S. The van der Waals surface area contributed by atoms with Crippen LogP contribution in [0.25, 0.3) is 0 Å². The maximum absolute atomic E-state index is 13.7. The second-order valence-corrected chi connectivity index (χ2v) is 6.32. The lowest BCUT2D eigenvalue weighted by Crippen LogP contribution is -2.14. The molecule has 0 saturated carbocycles. The summed E-state index contributed by atoms with van der Waals surface area (Å²) in [5.41, 5.74) is 1.38. The quantitative estimate of drug-likeness (QED) is 0.883. The summed E-state index contributed by atoms with van der Waals surface area (Å²) in [6.07, 6.45) is 0. The van der Waals surface area contributed by atoms with Crippen LogP contribution in [0.3, 0.4) is 0 Å². The van der Waals surface area contributed by atoms with Gasteiger partial charge in [-0.1, -0.05) is 6.07 Å². The third kappa shape index (κ3) is 3.46. The summed E-state index contributed by atoms with van der Waals surface area (Å²) in [5.74, 6) is -0.928. The van der Waals surface area contributed by atoms with Crippen LogP contribution in [0.15, 0.2) is 47.4 Å². The normalized spacial score (nSPS) is 11.2. The van der Waals surface area contributed by atoms with Gasteiger partial charge >= 0.3 is 0 Å². The molecule has 2 aromatic rings. The van der Waals surface area contributed by atoms with Crippen LogP contribution in [0, 0.1) is 12.7 Å². The fourth-order valence-electron chi connectivity index (χ4n) is 1.80. The highest BCUT2D eigenvalue weighted by Gasteiger charge is 2.19. The summed E-state index contributed by atoms with van der Waals surface area (Å²) in [7, 11) is -4.01. The van der Waals surface area contributed by atoms with Gasteiger partial charge in [0.1, 0.15) is 10.7 Å². The standard InChI is InChI=1S/C15H14FNO3S/c1-10-3-8-14(16)15(9-10)21(19,20)17-13-6-4-12(5-7-13)11(2)18/h3-9,17H,1-2H3. The van der Waals surface area contributed by atoms with Crippen molar-refractivity contribution in [1.82, 2.24) is 0 Å². The van der Waals surface area contributed by atoms with E-state index in [1.54, 1.807) is 6.92 Å². The third-order valence-corrected chi connectivity index (χ3v) is 4.32. The Morgan fingerprint density at radius 3 is 2.29 bits per heavy atom. The van der Waals surface area contributed by atoms with E-state index in [9.17, 15) is 17.6 Å². The van der Waals surface area contributed by atoms with E-state index in [0.717, 1.165) is 6.07 Å². The zero-order valence-corrected chi connectivity index (χ0v) is 12.4. The van der Waals surface area contributed by atoms with Crippen molar-refractivity contribution in [1.29, 1.82) is 0 Å². The minimum Gasteiger partial charge on any atom is -0.295 e. The van der Waals surface area contributed by atoms with Crippen LogP contribution in [0.4, 0.5) is 10.1 Å². The molecule has 0 saturated heterocycles. The fraction of sp³-hybridized carbons (Fsp3) is 0.133. The highest BCUT2D eigenvalue weighted by Crippen LogP contribution is 2.20. The first-order chi connectivity index (χ1) is 9.79. The number of aryl methyl sites for hydroxylation is 1. The van der Waals surface area contributed by atoms with Crippen molar-refractivity contribution in [2.75, 3.05) is 4.72 Å². The average molecular weight is 307 g/mol. The number of ketones is 1. The summed E-state index contributed by atoms with van der Waals surface area (Å²) in [4.78, 5) is 10.8. The number of sulfonamides is 1. The molecule has 0 radical (unpaired) electrons. The van der Waals surface area contributed by atoms with Crippen LogP contribution in [-0.2, 0) is 10.0 Å². The molecule has 0 aromatic heterocycles. The molecule has 0 fully saturated rings. The maximum atomic E-state index is 13.7. The van der Waals surface area contributed by atoms with Gasteiger partial charge in [-0.05, 0) is 55.8 Å². The Morgan fingerprint density at radius 1 is 1.10 bits per heavy atom. The van der Waals surface area contributed by atoms with Gasteiger partial charge in [-0.25, -0.2) is 12.8 Å². The molecule has 110 valence electrons. The molecule has 2 rings (SSSR count). The van der Waals surface area contributed by atoms with E-state index in [2.05, 4.69) is 4.72 Å². The minimum atomic E-state index is -4.01. The number of hydrogen-bond acceptors (Lipinski definition) is 3. The highest BCUT2D eigenvalue weighted by molar-refractivity contribution is 7.92. The summed E-state index contributed by atoms with van der Waals surface area (Å²) < 4.78 is 40.3. The van der Waals surface area contributed by atoms with E-state index in [1.807, 2.05) is 0 Å². The van der Waals surface area contributed by atoms with Crippen molar-refractivity contribution >= 4 is 21.5 Å². The van der Waals surface area contributed by atoms with Gasteiger partial charge < -0.3 is 0 Å². The van der Waals surface area contributed by atoms with Gasteiger partial charge in [-0.2, -0.15) is 0 Å². The molecule has 0 amide bonds. The first-order valence-corrected chi connectivity index (χ1v) is 7.68. The summed E-state index contributed by atoms with van der Waals surface area (Å²) in [5, 5.41) is 0. The van der Waals surface area contributed by atoms with Crippen LogP contribution in [0.5, 0.6) is 0 Å². The average Bonchev–Trinajstić information content (AvgIpc) is 2.41. The topological polar surface area (TPSA) is 63.2 Å². The molecule has 0 heterocycles. The van der Waals surface area contributed by atoms with Gasteiger partial charge in [0.2, 0.25) is 0 Å². The predicted molar refractivity (Wildman–Crippen MR) is 78.4 cm³/mol.